The summed E-state index contributed by atoms with van der Waals surface area (Å²) in [5, 5.41) is 12.1. The van der Waals surface area contributed by atoms with Gasteiger partial charge in [0.2, 0.25) is 0 Å². The Kier molecular flexibility index (Phi) is 11.5. The number of benzene rings is 8. The predicted octanol–water partition coefficient (Wildman–Crippen LogP) is 14.1. The summed E-state index contributed by atoms with van der Waals surface area (Å²) < 4.78 is 0. The van der Waals surface area contributed by atoms with E-state index in [9.17, 15) is 5.11 Å². The van der Waals surface area contributed by atoms with Gasteiger partial charge in [-0.1, -0.05) is 212 Å². The molecule has 57 heavy (non-hydrogen) atoms. The van der Waals surface area contributed by atoms with Crippen LogP contribution < -0.4 is 4.90 Å². The summed E-state index contributed by atoms with van der Waals surface area (Å²) in [4.78, 5) is 2.30. The van der Waals surface area contributed by atoms with Gasteiger partial charge >= 0.3 is 0 Å². The van der Waals surface area contributed by atoms with Crippen LogP contribution in [0, 0.1) is 0 Å². The molecule has 274 valence electrons. The first-order valence-electron chi connectivity index (χ1n) is 19.4. The lowest BCUT2D eigenvalue weighted by Crippen LogP contribution is -2.10. The molecule has 0 aromatic heterocycles. The lowest BCUT2D eigenvalue weighted by Gasteiger charge is -2.27. The zero-order valence-corrected chi connectivity index (χ0v) is 31.7. The quantitative estimate of drug-likeness (QED) is 0.126. The molecule has 8 aromatic rings. The predicted molar refractivity (Wildman–Crippen MR) is 243 cm³/mol. The molecule has 2 nitrogen and oxygen atoms in total. The highest BCUT2D eigenvalue weighted by atomic mass is 16.3. The van der Waals surface area contributed by atoms with Crippen LogP contribution in [0.1, 0.15) is 38.9 Å². The molecule has 2 heteroatoms. The largest absolute Gasteiger partial charge is 0.392 e. The van der Waals surface area contributed by atoms with Crippen molar-refractivity contribution in [3.8, 4) is 0 Å². The van der Waals surface area contributed by atoms with Gasteiger partial charge in [0.15, 0.2) is 0 Å². The zero-order chi connectivity index (χ0) is 38.7. The fraction of sp³-hybridized carbons (Fsp3) is 0.0182. The Morgan fingerprint density at radius 1 is 0.404 bits per heavy atom. The average molecular weight is 734 g/mol. The molecule has 8 rings (SSSR count). The lowest BCUT2D eigenvalue weighted by molar-refractivity contribution is 0.282. The van der Waals surface area contributed by atoms with Crippen LogP contribution in [-0.4, -0.2) is 5.11 Å². The first kappa shape index (κ1) is 36.7. The van der Waals surface area contributed by atoms with E-state index in [4.69, 9.17) is 0 Å². The summed E-state index contributed by atoms with van der Waals surface area (Å²) in [7, 11) is 0. The van der Waals surface area contributed by atoms with E-state index in [1.165, 1.54) is 33.4 Å². The Morgan fingerprint density at radius 2 is 0.825 bits per heavy atom. The van der Waals surface area contributed by atoms with Crippen molar-refractivity contribution in [3.05, 3.63) is 270 Å². The number of nitrogens with zero attached hydrogens (tertiary/aromatic N) is 1. The second kappa shape index (κ2) is 17.9. The number of hydrogen-bond donors (Lipinski definition) is 1. The van der Waals surface area contributed by atoms with Gasteiger partial charge in [0, 0.05) is 16.8 Å². The smallest absolute Gasteiger partial charge is 0.0681 e. The Hall–Kier alpha value is -7.26. The summed E-state index contributed by atoms with van der Waals surface area (Å²) >= 11 is 0. The van der Waals surface area contributed by atoms with Gasteiger partial charge in [0.25, 0.3) is 0 Å². The molecular formula is C55H43NO. The van der Waals surface area contributed by atoms with Crippen LogP contribution in [0.2, 0.25) is 0 Å². The Morgan fingerprint density at radius 3 is 1.30 bits per heavy atom. The van der Waals surface area contributed by atoms with Crippen LogP contribution in [-0.2, 0) is 6.61 Å². The van der Waals surface area contributed by atoms with Crippen LogP contribution in [0.25, 0.3) is 34.1 Å². The number of rotatable bonds is 12. The highest BCUT2D eigenvalue weighted by Gasteiger charge is 2.16. The molecule has 0 aliphatic rings. The molecule has 8 aromatic carbocycles. The number of anilines is 3. The molecule has 0 atom stereocenters. The average Bonchev–Trinajstić information content (AvgIpc) is 3.29. The van der Waals surface area contributed by atoms with E-state index in [1.807, 2.05) is 12.1 Å². The SMILES string of the molecule is OCc1ccc(N(c2ccc(/C=C/C=C(c3ccccc3)c3ccccc3)cc2)c2ccc(/C=C/C=C(c3ccccc3)c3ccccc3)c3ccccc23)cc1. The molecule has 0 saturated carbocycles. The number of aliphatic hydroxyl groups excluding tert-OH is 1. The van der Waals surface area contributed by atoms with Gasteiger partial charge in [-0.15, -0.1) is 0 Å². The van der Waals surface area contributed by atoms with E-state index >= 15 is 0 Å². The number of fused-ring (bicyclic) bond motifs is 1. The third kappa shape index (κ3) is 8.68. The fourth-order valence-electron chi connectivity index (χ4n) is 7.25. The fourth-order valence-corrected chi connectivity index (χ4v) is 7.25. The van der Waals surface area contributed by atoms with Crippen LogP contribution in [0.5, 0.6) is 0 Å². The van der Waals surface area contributed by atoms with Gasteiger partial charge in [-0.2, -0.15) is 0 Å². The number of allylic oxidation sites excluding steroid dienone is 4. The second-order valence-electron chi connectivity index (χ2n) is 13.8. The summed E-state index contributed by atoms with van der Waals surface area (Å²) in [5.41, 5.74) is 13.3. The Labute approximate surface area is 336 Å². The van der Waals surface area contributed by atoms with Crippen molar-refractivity contribution in [2.45, 2.75) is 6.61 Å². The van der Waals surface area contributed by atoms with Crippen LogP contribution >= 0.6 is 0 Å². The van der Waals surface area contributed by atoms with Gasteiger partial charge in [0.1, 0.15) is 0 Å². The zero-order valence-electron chi connectivity index (χ0n) is 31.7. The van der Waals surface area contributed by atoms with Crippen molar-refractivity contribution in [2.75, 3.05) is 4.90 Å². The molecule has 0 saturated heterocycles. The van der Waals surface area contributed by atoms with E-state index < -0.39 is 0 Å². The molecule has 1 N–H and O–H groups in total. The van der Waals surface area contributed by atoms with Crippen LogP contribution in [0.4, 0.5) is 17.1 Å². The standard InChI is InChI=1S/C55H43NO/c57-41-43-33-38-50(39-34-43)56(49-36-31-42(32-37-49)17-15-29-51(44-18-5-1-6-19-44)45-20-7-2-8-21-45)55-40-35-48(53-27-13-14-28-54(53)55)26-16-30-52(46-22-9-3-10-23-46)47-24-11-4-12-25-47/h1-40,57H,41H2/b17-15+,26-16+. The highest BCUT2D eigenvalue weighted by molar-refractivity contribution is 6.03. The summed E-state index contributed by atoms with van der Waals surface area (Å²) in [6.07, 6.45) is 13.0. The highest BCUT2D eigenvalue weighted by Crippen LogP contribution is 2.40. The summed E-state index contributed by atoms with van der Waals surface area (Å²) in [5.74, 6) is 0. The summed E-state index contributed by atoms with van der Waals surface area (Å²) in [6, 6.07) is 72.0. The first-order chi connectivity index (χ1) is 28.2. The topological polar surface area (TPSA) is 23.5 Å². The number of hydrogen-bond acceptors (Lipinski definition) is 2. The molecule has 0 aliphatic carbocycles. The molecule has 0 fully saturated rings. The van der Waals surface area contributed by atoms with E-state index in [2.05, 4.69) is 235 Å². The maximum atomic E-state index is 9.84. The molecule has 0 unspecified atom stereocenters. The molecule has 0 heterocycles. The summed E-state index contributed by atoms with van der Waals surface area (Å²) in [6.45, 7) is 0.000679. The molecule has 0 amide bonds. The van der Waals surface area contributed by atoms with Gasteiger partial charge in [-0.3, -0.25) is 0 Å². The first-order valence-corrected chi connectivity index (χ1v) is 19.4. The molecule has 0 aliphatic heterocycles. The van der Waals surface area contributed by atoms with Crippen LogP contribution in [0.15, 0.2) is 231 Å². The van der Waals surface area contributed by atoms with Crippen molar-refractivity contribution in [1.82, 2.24) is 0 Å². The van der Waals surface area contributed by atoms with E-state index in [-0.39, 0.29) is 6.61 Å². The van der Waals surface area contributed by atoms with Gasteiger partial charge in [-0.25, -0.2) is 0 Å². The minimum Gasteiger partial charge on any atom is -0.392 e. The van der Waals surface area contributed by atoms with Crippen LogP contribution in [0.3, 0.4) is 0 Å². The third-order valence-electron chi connectivity index (χ3n) is 10.1. The van der Waals surface area contributed by atoms with Crippen molar-refractivity contribution < 1.29 is 5.11 Å². The monoisotopic (exact) mass is 733 g/mol. The normalized spacial score (nSPS) is 11.2. The van der Waals surface area contributed by atoms with Crippen molar-refractivity contribution in [1.29, 1.82) is 0 Å². The minimum absolute atomic E-state index is 0.000679. The lowest BCUT2D eigenvalue weighted by atomic mass is 9.97. The molecule has 0 spiro atoms. The van der Waals surface area contributed by atoms with Gasteiger partial charge < -0.3 is 10.0 Å². The maximum absolute atomic E-state index is 9.84. The van der Waals surface area contributed by atoms with E-state index in [0.717, 1.165) is 44.5 Å². The van der Waals surface area contributed by atoms with E-state index in [0.29, 0.717) is 0 Å². The van der Waals surface area contributed by atoms with E-state index in [1.54, 1.807) is 0 Å². The molecule has 0 radical (unpaired) electrons. The number of aliphatic hydroxyl groups is 1. The Bertz CT molecular complexity index is 2570. The third-order valence-corrected chi connectivity index (χ3v) is 10.1. The van der Waals surface area contributed by atoms with Gasteiger partial charge in [0.05, 0.1) is 12.3 Å². The molecular weight excluding hydrogens is 691 g/mol. The maximum Gasteiger partial charge on any atom is 0.0681 e. The molecule has 0 bridgehead atoms. The van der Waals surface area contributed by atoms with Crippen molar-refractivity contribution >= 4 is 51.1 Å². The Balaban J connectivity index is 1.14. The van der Waals surface area contributed by atoms with Crippen molar-refractivity contribution in [2.24, 2.45) is 0 Å². The van der Waals surface area contributed by atoms with Gasteiger partial charge in [-0.05, 0) is 85.8 Å². The second-order valence-corrected chi connectivity index (χ2v) is 13.8. The van der Waals surface area contributed by atoms with Crippen molar-refractivity contribution in [3.63, 3.8) is 0 Å². The minimum atomic E-state index is 0.000679.